The SMILES string of the molecule is Cc1ccc(CCN2CCN(C(=O)Oc3ccc(C(S)c4nccn4C)cc3)CC2)nc1. The van der Waals surface area contributed by atoms with Crippen molar-refractivity contribution in [3.63, 3.8) is 0 Å². The zero-order valence-corrected chi connectivity index (χ0v) is 19.4. The van der Waals surface area contributed by atoms with E-state index in [0.29, 0.717) is 18.8 Å². The molecule has 1 aliphatic heterocycles. The molecule has 32 heavy (non-hydrogen) atoms. The number of ether oxygens (including phenoxy) is 1. The Morgan fingerprint density at radius 2 is 1.84 bits per heavy atom. The molecule has 3 aromatic rings. The fourth-order valence-electron chi connectivity index (χ4n) is 3.75. The molecule has 1 aromatic carbocycles. The summed E-state index contributed by atoms with van der Waals surface area (Å²) in [6.07, 6.45) is 6.18. The molecule has 0 aliphatic carbocycles. The van der Waals surface area contributed by atoms with Gasteiger partial charge in [0.25, 0.3) is 0 Å². The van der Waals surface area contributed by atoms with Gasteiger partial charge in [-0.2, -0.15) is 12.6 Å². The summed E-state index contributed by atoms with van der Waals surface area (Å²) in [5.41, 5.74) is 3.28. The number of nitrogens with zero attached hydrogens (tertiary/aromatic N) is 5. The van der Waals surface area contributed by atoms with Gasteiger partial charge in [0, 0.05) is 70.5 Å². The van der Waals surface area contributed by atoms with Crippen LogP contribution in [0.1, 0.15) is 27.9 Å². The molecule has 0 bridgehead atoms. The van der Waals surface area contributed by atoms with E-state index < -0.39 is 0 Å². The molecule has 1 amide bonds. The number of rotatable bonds is 6. The Kier molecular flexibility index (Phi) is 7.12. The van der Waals surface area contributed by atoms with Gasteiger partial charge in [-0.25, -0.2) is 9.78 Å². The summed E-state index contributed by atoms with van der Waals surface area (Å²) in [6.45, 7) is 5.99. The Balaban J connectivity index is 1.24. The van der Waals surface area contributed by atoms with E-state index in [9.17, 15) is 4.79 Å². The Bertz CT molecular complexity index is 1030. The lowest BCUT2D eigenvalue weighted by molar-refractivity contribution is 0.111. The second-order valence-corrected chi connectivity index (χ2v) is 8.66. The lowest BCUT2D eigenvalue weighted by Gasteiger charge is -2.33. The maximum absolute atomic E-state index is 12.6. The highest BCUT2D eigenvalue weighted by molar-refractivity contribution is 7.80. The van der Waals surface area contributed by atoms with Gasteiger partial charge >= 0.3 is 6.09 Å². The van der Waals surface area contributed by atoms with Gasteiger partial charge < -0.3 is 14.2 Å². The Morgan fingerprint density at radius 3 is 2.47 bits per heavy atom. The first-order valence-corrected chi connectivity index (χ1v) is 11.4. The van der Waals surface area contributed by atoms with Gasteiger partial charge in [0.15, 0.2) is 0 Å². The molecule has 7 nitrogen and oxygen atoms in total. The van der Waals surface area contributed by atoms with Crippen LogP contribution in [0, 0.1) is 6.92 Å². The predicted molar refractivity (Wildman–Crippen MR) is 127 cm³/mol. The first-order valence-electron chi connectivity index (χ1n) is 10.9. The predicted octanol–water partition coefficient (Wildman–Crippen LogP) is 3.50. The summed E-state index contributed by atoms with van der Waals surface area (Å²) in [4.78, 5) is 25.5. The highest BCUT2D eigenvalue weighted by Crippen LogP contribution is 2.28. The van der Waals surface area contributed by atoms with Crippen molar-refractivity contribution in [2.75, 3.05) is 32.7 Å². The average molecular weight is 452 g/mol. The van der Waals surface area contributed by atoms with Gasteiger partial charge in [-0.1, -0.05) is 18.2 Å². The molecule has 2 aromatic heterocycles. The summed E-state index contributed by atoms with van der Waals surface area (Å²) in [5, 5.41) is -0.136. The quantitative estimate of drug-likeness (QED) is 0.581. The maximum atomic E-state index is 12.6. The van der Waals surface area contributed by atoms with Gasteiger partial charge in [0.1, 0.15) is 11.6 Å². The largest absolute Gasteiger partial charge is 0.415 e. The standard InChI is InChI=1S/C24H29N5O2S/c1-18-3-6-20(26-17-18)9-11-28-13-15-29(16-14-28)24(30)31-21-7-4-19(5-8-21)22(32)23-25-10-12-27(23)2/h3-8,10,12,17,22,32H,9,11,13-16H2,1-2H3. The maximum Gasteiger partial charge on any atom is 0.415 e. The van der Waals surface area contributed by atoms with Crippen LogP contribution in [0.5, 0.6) is 5.75 Å². The van der Waals surface area contributed by atoms with Crippen molar-refractivity contribution in [1.82, 2.24) is 24.3 Å². The highest BCUT2D eigenvalue weighted by atomic mass is 32.1. The zero-order chi connectivity index (χ0) is 22.5. The van der Waals surface area contributed by atoms with Crippen molar-refractivity contribution >= 4 is 18.7 Å². The molecule has 168 valence electrons. The number of aromatic nitrogens is 3. The number of benzene rings is 1. The number of carbonyl (C=O) groups is 1. The van der Waals surface area contributed by atoms with E-state index in [1.54, 1.807) is 11.1 Å². The van der Waals surface area contributed by atoms with Gasteiger partial charge in [0.2, 0.25) is 0 Å². The summed E-state index contributed by atoms with van der Waals surface area (Å²) in [5.74, 6) is 1.40. The number of thiol groups is 1. The van der Waals surface area contributed by atoms with Gasteiger partial charge in [-0.05, 0) is 36.2 Å². The first kappa shape index (κ1) is 22.4. The molecule has 1 saturated heterocycles. The number of carbonyl (C=O) groups excluding carboxylic acids is 1. The Morgan fingerprint density at radius 1 is 1.09 bits per heavy atom. The number of piperazine rings is 1. The highest BCUT2D eigenvalue weighted by Gasteiger charge is 2.23. The third kappa shape index (κ3) is 5.49. The van der Waals surface area contributed by atoms with Crippen LogP contribution in [0.25, 0.3) is 0 Å². The summed E-state index contributed by atoms with van der Waals surface area (Å²) < 4.78 is 7.54. The first-order chi connectivity index (χ1) is 15.5. The monoisotopic (exact) mass is 451 g/mol. The van der Waals surface area contributed by atoms with Crippen LogP contribution in [-0.2, 0) is 13.5 Å². The fraction of sp³-hybridized carbons (Fsp3) is 0.375. The molecule has 1 fully saturated rings. The van der Waals surface area contributed by atoms with Crippen LogP contribution < -0.4 is 4.74 Å². The molecule has 1 unspecified atom stereocenters. The zero-order valence-electron chi connectivity index (χ0n) is 18.5. The van der Waals surface area contributed by atoms with E-state index in [1.807, 2.05) is 55.2 Å². The van der Waals surface area contributed by atoms with E-state index >= 15 is 0 Å². The molecule has 8 heteroatoms. The van der Waals surface area contributed by atoms with Gasteiger partial charge in [-0.15, -0.1) is 0 Å². The van der Waals surface area contributed by atoms with Crippen molar-refractivity contribution in [3.8, 4) is 5.75 Å². The molecular weight excluding hydrogens is 422 g/mol. The van der Waals surface area contributed by atoms with E-state index in [-0.39, 0.29) is 11.3 Å². The average Bonchev–Trinajstić information content (AvgIpc) is 3.25. The topological polar surface area (TPSA) is 63.5 Å². The summed E-state index contributed by atoms with van der Waals surface area (Å²) >= 11 is 4.68. The van der Waals surface area contributed by atoms with Crippen molar-refractivity contribution in [2.45, 2.75) is 18.6 Å². The molecule has 0 spiro atoms. The molecule has 1 aliphatic rings. The van der Waals surface area contributed by atoms with Gasteiger partial charge in [0.05, 0.1) is 5.25 Å². The summed E-state index contributed by atoms with van der Waals surface area (Å²) in [7, 11) is 1.95. The van der Waals surface area contributed by atoms with E-state index in [2.05, 4.69) is 39.6 Å². The third-order valence-electron chi connectivity index (χ3n) is 5.79. The number of amides is 1. The molecule has 0 radical (unpaired) electrons. The minimum Gasteiger partial charge on any atom is -0.410 e. The second-order valence-electron chi connectivity index (χ2n) is 8.14. The minimum absolute atomic E-state index is 0.136. The molecule has 1 atom stereocenters. The smallest absolute Gasteiger partial charge is 0.410 e. The van der Waals surface area contributed by atoms with E-state index in [1.165, 1.54) is 5.56 Å². The number of imidazole rings is 1. The fourth-order valence-corrected chi connectivity index (χ4v) is 4.17. The normalized spacial score (nSPS) is 15.5. The van der Waals surface area contributed by atoms with Crippen molar-refractivity contribution in [3.05, 3.63) is 77.6 Å². The number of hydrogen-bond donors (Lipinski definition) is 1. The van der Waals surface area contributed by atoms with Crippen molar-refractivity contribution in [2.24, 2.45) is 7.05 Å². The third-order valence-corrected chi connectivity index (χ3v) is 6.32. The van der Waals surface area contributed by atoms with Crippen LogP contribution >= 0.6 is 12.6 Å². The molecule has 0 saturated carbocycles. The molecule has 0 N–H and O–H groups in total. The van der Waals surface area contributed by atoms with Crippen molar-refractivity contribution < 1.29 is 9.53 Å². The van der Waals surface area contributed by atoms with Crippen LogP contribution in [0.2, 0.25) is 0 Å². The molecule has 3 heterocycles. The molecule has 4 rings (SSSR count). The van der Waals surface area contributed by atoms with Crippen LogP contribution in [0.3, 0.4) is 0 Å². The van der Waals surface area contributed by atoms with E-state index in [0.717, 1.165) is 43.1 Å². The minimum atomic E-state index is -0.302. The lowest BCUT2D eigenvalue weighted by atomic mass is 10.1. The Labute approximate surface area is 194 Å². The number of hydrogen-bond acceptors (Lipinski definition) is 6. The second kappa shape index (κ2) is 10.2. The lowest BCUT2D eigenvalue weighted by Crippen LogP contribution is -2.49. The Hall–Kier alpha value is -2.84. The van der Waals surface area contributed by atoms with Crippen molar-refractivity contribution in [1.29, 1.82) is 0 Å². The van der Waals surface area contributed by atoms with Gasteiger partial charge in [-0.3, -0.25) is 9.88 Å². The molecular formula is C24H29N5O2S. The van der Waals surface area contributed by atoms with Crippen LogP contribution in [0.15, 0.2) is 55.0 Å². The van der Waals surface area contributed by atoms with Crippen LogP contribution in [-0.4, -0.2) is 63.2 Å². The summed E-state index contributed by atoms with van der Waals surface area (Å²) in [6, 6.07) is 11.6. The van der Waals surface area contributed by atoms with Crippen LogP contribution in [0.4, 0.5) is 4.79 Å². The van der Waals surface area contributed by atoms with E-state index in [4.69, 9.17) is 4.74 Å². The number of aryl methyl sites for hydroxylation is 2. The number of pyridine rings is 1.